The highest BCUT2D eigenvalue weighted by Gasteiger charge is 2.20. The first-order valence-electron chi connectivity index (χ1n) is 7.29. The number of hydrogen-bond donors (Lipinski definition) is 1. The lowest BCUT2D eigenvalue weighted by molar-refractivity contribution is 0.0516. The predicted octanol–water partition coefficient (Wildman–Crippen LogP) is 3.87. The maximum Gasteiger partial charge on any atom is 0.360 e. The Hall–Kier alpha value is -2.41. The van der Waals surface area contributed by atoms with Gasteiger partial charge in [-0.25, -0.2) is 14.2 Å². The van der Waals surface area contributed by atoms with Crippen LogP contribution in [0.3, 0.4) is 0 Å². The number of rotatable bonds is 4. The lowest BCUT2D eigenvalue weighted by Gasteiger charge is -2.09. The molecule has 5 nitrogen and oxygen atoms in total. The average Bonchev–Trinajstić information content (AvgIpc) is 2.85. The third kappa shape index (κ3) is 2.99. The van der Waals surface area contributed by atoms with Gasteiger partial charge in [-0.05, 0) is 46.6 Å². The third-order valence-corrected chi connectivity index (χ3v) is 4.24. The molecule has 0 atom stereocenters. The first kappa shape index (κ1) is 16.4. The van der Waals surface area contributed by atoms with E-state index in [-0.39, 0.29) is 23.9 Å². The summed E-state index contributed by atoms with van der Waals surface area (Å²) in [4.78, 5) is 15.8. The van der Waals surface area contributed by atoms with Crippen LogP contribution in [0.2, 0.25) is 0 Å². The number of aromatic hydroxyl groups is 1. The van der Waals surface area contributed by atoms with E-state index in [1.165, 1.54) is 18.3 Å². The van der Waals surface area contributed by atoms with Crippen molar-refractivity contribution in [2.75, 3.05) is 6.61 Å². The molecule has 0 aliphatic carbocycles. The van der Waals surface area contributed by atoms with Gasteiger partial charge in [0.25, 0.3) is 0 Å². The minimum atomic E-state index is -0.675. The summed E-state index contributed by atoms with van der Waals surface area (Å²) in [5.74, 6) is -1.22. The molecule has 7 heteroatoms. The van der Waals surface area contributed by atoms with Crippen molar-refractivity contribution in [3.05, 3.63) is 58.2 Å². The van der Waals surface area contributed by atoms with E-state index in [0.717, 1.165) is 5.56 Å². The fourth-order valence-corrected chi connectivity index (χ4v) is 3.05. The summed E-state index contributed by atoms with van der Waals surface area (Å²) in [6, 6.07) is 7.96. The average molecular weight is 393 g/mol. The van der Waals surface area contributed by atoms with Crippen LogP contribution in [0.25, 0.3) is 10.9 Å². The molecular formula is C17H14BrFN2O3. The molecule has 0 aliphatic rings. The van der Waals surface area contributed by atoms with Gasteiger partial charge in [0.15, 0.2) is 11.4 Å². The quantitative estimate of drug-likeness (QED) is 0.684. The number of benzene rings is 1. The molecule has 24 heavy (non-hydrogen) atoms. The normalized spacial score (nSPS) is 11.0. The zero-order valence-corrected chi connectivity index (χ0v) is 14.4. The summed E-state index contributed by atoms with van der Waals surface area (Å²) < 4.78 is 20.8. The van der Waals surface area contributed by atoms with Crippen molar-refractivity contribution in [1.29, 1.82) is 0 Å². The van der Waals surface area contributed by atoms with Crippen molar-refractivity contribution in [2.24, 2.45) is 0 Å². The number of halogens is 2. The number of nitrogens with zero attached hydrogens (tertiary/aromatic N) is 2. The first-order valence-corrected chi connectivity index (χ1v) is 8.08. The molecular weight excluding hydrogens is 379 g/mol. The molecule has 0 unspecified atom stereocenters. The molecule has 0 aliphatic heterocycles. The molecule has 3 aromatic rings. The van der Waals surface area contributed by atoms with Gasteiger partial charge in [-0.1, -0.05) is 12.1 Å². The second kappa shape index (κ2) is 6.60. The van der Waals surface area contributed by atoms with Gasteiger partial charge < -0.3 is 14.4 Å². The van der Waals surface area contributed by atoms with Crippen molar-refractivity contribution < 1.29 is 19.0 Å². The van der Waals surface area contributed by atoms with E-state index in [9.17, 15) is 14.3 Å². The van der Waals surface area contributed by atoms with Gasteiger partial charge in [-0.2, -0.15) is 0 Å². The number of carbonyl (C=O) groups excluding carboxylic acids is 1. The molecule has 0 saturated carbocycles. The highest BCUT2D eigenvalue weighted by Crippen LogP contribution is 2.33. The summed E-state index contributed by atoms with van der Waals surface area (Å²) in [5.41, 5.74) is 1.26. The fourth-order valence-electron chi connectivity index (χ4n) is 2.50. The minimum absolute atomic E-state index is 0.125. The summed E-state index contributed by atoms with van der Waals surface area (Å²) in [5, 5.41) is 10.8. The van der Waals surface area contributed by atoms with Crippen molar-refractivity contribution in [1.82, 2.24) is 9.55 Å². The lowest BCUT2D eigenvalue weighted by Crippen LogP contribution is -2.08. The SMILES string of the molecule is CCOC(=O)c1ncc2c(cc(Br)n2Cc2cccc(F)c2)c1O. The Morgan fingerprint density at radius 2 is 2.21 bits per heavy atom. The van der Waals surface area contributed by atoms with Crippen LogP contribution in [0.15, 0.2) is 41.1 Å². The van der Waals surface area contributed by atoms with E-state index in [0.29, 0.717) is 22.1 Å². The van der Waals surface area contributed by atoms with Crippen molar-refractivity contribution >= 4 is 32.8 Å². The maximum atomic E-state index is 13.4. The molecule has 0 fully saturated rings. The molecule has 2 aromatic heterocycles. The van der Waals surface area contributed by atoms with Crippen LogP contribution in [-0.2, 0) is 11.3 Å². The number of aromatic nitrogens is 2. The minimum Gasteiger partial charge on any atom is -0.505 e. The van der Waals surface area contributed by atoms with E-state index in [1.54, 1.807) is 19.1 Å². The third-order valence-electron chi connectivity index (χ3n) is 3.58. The van der Waals surface area contributed by atoms with Crippen LogP contribution in [-0.4, -0.2) is 27.2 Å². The number of carbonyl (C=O) groups is 1. The Morgan fingerprint density at radius 1 is 1.42 bits per heavy atom. The molecule has 1 N–H and O–H groups in total. The Kier molecular flexibility index (Phi) is 4.53. The zero-order valence-electron chi connectivity index (χ0n) is 12.8. The molecule has 0 saturated heterocycles. The van der Waals surface area contributed by atoms with Crippen LogP contribution in [0.4, 0.5) is 4.39 Å². The van der Waals surface area contributed by atoms with Gasteiger partial charge in [0.1, 0.15) is 5.82 Å². The topological polar surface area (TPSA) is 64.3 Å². The summed E-state index contributed by atoms with van der Waals surface area (Å²) in [7, 11) is 0. The number of fused-ring (bicyclic) bond motifs is 1. The summed E-state index contributed by atoms with van der Waals surface area (Å²) >= 11 is 3.43. The van der Waals surface area contributed by atoms with Gasteiger partial charge >= 0.3 is 5.97 Å². The molecule has 0 radical (unpaired) electrons. The number of ether oxygens (including phenoxy) is 1. The van der Waals surface area contributed by atoms with Gasteiger partial charge in [-0.3, -0.25) is 0 Å². The molecule has 1 aromatic carbocycles. The van der Waals surface area contributed by atoms with Gasteiger partial charge in [0.05, 0.1) is 22.9 Å². The molecule has 3 rings (SSSR count). The highest BCUT2D eigenvalue weighted by atomic mass is 79.9. The Labute approximate surface area is 145 Å². The summed E-state index contributed by atoms with van der Waals surface area (Å²) in [6.45, 7) is 2.27. The Balaban J connectivity index is 2.06. The molecule has 124 valence electrons. The van der Waals surface area contributed by atoms with Crippen LogP contribution in [0.5, 0.6) is 5.75 Å². The second-order valence-electron chi connectivity index (χ2n) is 5.16. The number of pyridine rings is 1. The fraction of sp³-hybridized carbons (Fsp3) is 0.176. The van der Waals surface area contributed by atoms with Crippen LogP contribution in [0, 0.1) is 5.82 Å². The smallest absolute Gasteiger partial charge is 0.360 e. The van der Waals surface area contributed by atoms with Gasteiger partial charge in [0.2, 0.25) is 0 Å². The monoisotopic (exact) mass is 392 g/mol. The Morgan fingerprint density at radius 3 is 2.92 bits per heavy atom. The zero-order chi connectivity index (χ0) is 17.3. The Bertz CT molecular complexity index is 924. The van der Waals surface area contributed by atoms with Crippen LogP contribution < -0.4 is 0 Å². The van der Waals surface area contributed by atoms with E-state index >= 15 is 0 Å². The van der Waals surface area contributed by atoms with Crippen LogP contribution in [0.1, 0.15) is 23.0 Å². The largest absolute Gasteiger partial charge is 0.505 e. The standard InChI is InChI=1S/C17H14BrFN2O3/c1-2-24-17(23)15-16(22)12-7-14(18)21(13(12)8-20-15)9-10-4-3-5-11(19)6-10/h3-8,22H,2,9H2,1H3. The summed E-state index contributed by atoms with van der Waals surface area (Å²) in [6.07, 6.45) is 1.49. The highest BCUT2D eigenvalue weighted by molar-refractivity contribution is 9.10. The van der Waals surface area contributed by atoms with Gasteiger partial charge in [0, 0.05) is 11.9 Å². The van der Waals surface area contributed by atoms with Crippen molar-refractivity contribution in [2.45, 2.75) is 13.5 Å². The van der Waals surface area contributed by atoms with E-state index in [1.807, 2.05) is 10.6 Å². The second-order valence-corrected chi connectivity index (χ2v) is 5.97. The van der Waals surface area contributed by atoms with Gasteiger partial charge in [-0.15, -0.1) is 0 Å². The molecule has 0 amide bonds. The predicted molar refractivity (Wildman–Crippen MR) is 90.6 cm³/mol. The van der Waals surface area contributed by atoms with Crippen molar-refractivity contribution in [3.63, 3.8) is 0 Å². The van der Waals surface area contributed by atoms with Crippen molar-refractivity contribution in [3.8, 4) is 5.75 Å². The number of esters is 1. The maximum absolute atomic E-state index is 13.4. The van der Waals surface area contributed by atoms with E-state index in [2.05, 4.69) is 20.9 Å². The van der Waals surface area contributed by atoms with E-state index < -0.39 is 5.97 Å². The van der Waals surface area contributed by atoms with E-state index in [4.69, 9.17) is 4.74 Å². The lowest BCUT2D eigenvalue weighted by atomic mass is 10.2. The number of hydrogen-bond acceptors (Lipinski definition) is 4. The molecule has 0 bridgehead atoms. The first-order chi connectivity index (χ1) is 11.5. The molecule has 2 heterocycles. The molecule has 0 spiro atoms. The van der Waals surface area contributed by atoms with Crippen LogP contribution >= 0.6 is 15.9 Å².